The van der Waals surface area contributed by atoms with Crippen LogP contribution in [0.3, 0.4) is 0 Å². The van der Waals surface area contributed by atoms with Crippen LogP contribution in [0.25, 0.3) is 0 Å². The van der Waals surface area contributed by atoms with E-state index < -0.39 is 0 Å². The van der Waals surface area contributed by atoms with Crippen molar-refractivity contribution in [1.82, 2.24) is 0 Å². The number of anilines is 3. The molecule has 2 aliphatic rings. The van der Waals surface area contributed by atoms with E-state index in [2.05, 4.69) is 41.8 Å². The first kappa shape index (κ1) is 14.6. The molecule has 3 rings (SSSR count). The van der Waals surface area contributed by atoms with Crippen LogP contribution in [0.5, 0.6) is 0 Å². The molecule has 0 saturated carbocycles. The molecule has 2 saturated heterocycles. The van der Waals surface area contributed by atoms with Crippen LogP contribution in [0, 0.1) is 0 Å². The summed E-state index contributed by atoms with van der Waals surface area (Å²) in [7, 11) is 0. The average Bonchev–Trinajstić information content (AvgIpc) is 2.69. The maximum Gasteiger partial charge on any atom is 0.0601 e. The highest BCUT2D eigenvalue weighted by molar-refractivity contribution is 5.73. The second-order valence-corrected chi connectivity index (χ2v) is 6.83. The molecule has 2 N–H and O–H groups in total. The molecule has 2 atom stereocenters. The predicted molar refractivity (Wildman–Crippen MR) is 92.2 cm³/mol. The van der Waals surface area contributed by atoms with E-state index in [4.69, 9.17) is 5.73 Å². The van der Waals surface area contributed by atoms with E-state index in [9.17, 15) is 0 Å². The van der Waals surface area contributed by atoms with Gasteiger partial charge in [0, 0.05) is 30.9 Å². The molecule has 2 heterocycles. The molecule has 0 aromatic heterocycles. The largest absolute Gasteiger partial charge is 0.397 e. The maximum atomic E-state index is 6.39. The molecule has 2 aliphatic heterocycles. The minimum absolute atomic E-state index is 0.628. The summed E-state index contributed by atoms with van der Waals surface area (Å²) in [6, 6.07) is 7.97. The van der Waals surface area contributed by atoms with Crippen molar-refractivity contribution in [3.05, 3.63) is 18.2 Å². The van der Waals surface area contributed by atoms with Gasteiger partial charge in [0.1, 0.15) is 0 Å². The molecular formula is C18H29N3. The Balaban J connectivity index is 1.82. The highest BCUT2D eigenvalue weighted by Crippen LogP contribution is 2.35. The Morgan fingerprint density at radius 2 is 1.57 bits per heavy atom. The van der Waals surface area contributed by atoms with Gasteiger partial charge < -0.3 is 15.5 Å². The second-order valence-electron chi connectivity index (χ2n) is 6.83. The lowest BCUT2D eigenvalue weighted by Gasteiger charge is -2.30. The topological polar surface area (TPSA) is 32.5 Å². The first-order chi connectivity index (χ1) is 10.2. The molecule has 0 amide bonds. The second kappa shape index (κ2) is 6.17. The third-order valence-electron chi connectivity index (χ3n) is 5.21. The average molecular weight is 287 g/mol. The van der Waals surface area contributed by atoms with Crippen molar-refractivity contribution in [2.45, 2.75) is 64.5 Å². The summed E-state index contributed by atoms with van der Waals surface area (Å²) in [5.74, 6) is 0. The Bertz CT molecular complexity index is 467. The van der Waals surface area contributed by atoms with Crippen LogP contribution < -0.4 is 15.5 Å². The zero-order chi connectivity index (χ0) is 14.8. The predicted octanol–water partition coefficient (Wildman–Crippen LogP) is 4.03. The molecule has 0 unspecified atom stereocenters. The zero-order valence-corrected chi connectivity index (χ0v) is 13.5. The van der Waals surface area contributed by atoms with Gasteiger partial charge in [-0.3, -0.25) is 0 Å². The van der Waals surface area contributed by atoms with E-state index in [0.29, 0.717) is 12.1 Å². The number of nitrogens with two attached hydrogens (primary N) is 1. The summed E-state index contributed by atoms with van der Waals surface area (Å²) >= 11 is 0. The summed E-state index contributed by atoms with van der Waals surface area (Å²) in [5, 5.41) is 0. The van der Waals surface area contributed by atoms with Gasteiger partial charge in [-0.2, -0.15) is 0 Å². The van der Waals surface area contributed by atoms with Crippen molar-refractivity contribution in [3.63, 3.8) is 0 Å². The molecule has 1 aromatic rings. The minimum Gasteiger partial charge on any atom is -0.397 e. The number of rotatable bonds is 2. The highest BCUT2D eigenvalue weighted by Gasteiger charge is 2.27. The van der Waals surface area contributed by atoms with E-state index in [1.165, 1.54) is 49.9 Å². The van der Waals surface area contributed by atoms with E-state index in [1.807, 2.05) is 0 Å². The fraction of sp³-hybridized carbons (Fsp3) is 0.667. The molecule has 2 fully saturated rings. The fourth-order valence-electron chi connectivity index (χ4n) is 4.01. The Hall–Kier alpha value is -1.38. The normalized spacial score (nSPS) is 27.0. The smallest absolute Gasteiger partial charge is 0.0601 e. The van der Waals surface area contributed by atoms with Gasteiger partial charge >= 0.3 is 0 Å². The summed E-state index contributed by atoms with van der Waals surface area (Å²) < 4.78 is 0. The van der Waals surface area contributed by atoms with Gasteiger partial charge in [-0.25, -0.2) is 0 Å². The van der Waals surface area contributed by atoms with Gasteiger partial charge in [-0.05, 0) is 57.7 Å². The van der Waals surface area contributed by atoms with Crippen molar-refractivity contribution < 1.29 is 0 Å². The standard InChI is InChI=1S/C18H29N3/c1-14-7-8-15(2)21(14)16-9-10-18(17(19)13-16)20-11-5-3-4-6-12-20/h9-10,13-15H,3-8,11-12,19H2,1-2H3/t14-,15-/m1/s1. The highest BCUT2D eigenvalue weighted by atomic mass is 15.2. The summed E-state index contributed by atoms with van der Waals surface area (Å²) in [6.07, 6.45) is 7.88. The van der Waals surface area contributed by atoms with E-state index in [0.717, 1.165) is 18.8 Å². The first-order valence-corrected chi connectivity index (χ1v) is 8.59. The Labute approximate surface area is 129 Å². The summed E-state index contributed by atoms with van der Waals surface area (Å²) in [4.78, 5) is 5.01. The summed E-state index contributed by atoms with van der Waals surface area (Å²) in [5.41, 5.74) is 9.87. The van der Waals surface area contributed by atoms with Gasteiger partial charge in [0.15, 0.2) is 0 Å². The van der Waals surface area contributed by atoms with E-state index in [1.54, 1.807) is 0 Å². The zero-order valence-electron chi connectivity index (χ0n) is 13.5. The van der Waals surface area contributed by atoms with Crippen LogP contribution in [0.1, 0.15) is 52.4 Å². The molecule has 21 heavy (non-hydrogen) atoms. The first-order valence-electron chi connectivity index (χ1n) is 8.59. The number of nitrogen functional groups attached to an aromatic ring is 1. The van der Waals surface area contributed by atoms with Gasteiger partial charge in [-0.1, -0.05) is 12.8 Å². The number of benzene rings is 1. The monoisotopic (exact) mass is 287 g/mol. The molecule has 0 spiro atoms. The van der Waals surface area contributed by atoms with E-state index >= 15 is 0 Å². The molecule has 0 bridgehead atoms. The Morgan fingerprint density at radius 3 is 2.14 bits per heavy atom. The number of hydrogen-bond donors (Lipinski definition) is 1. The van der Waals surface area contributed by atoms with Crippen LogP contribution >= 0.6 is 0 Å². The summed E-state index contributed by atoms with van der Waals surface area (Å²) in [6.45, 7) is 6.95. The van der Waals surface area contributed by atoms with Crippen LogP contribution in [-0.4, -0.2) is 25.2 Å². The lowest BCUT2D eigenvalue weighted by Crippen LogP contribution is -2.32. The maximum absolute atomic E-state index is 6.39. The molecule has 3 heteroatoms. The quantitative estimate of drug-likeness (QED) is 0.834. The Morgan fingerprint density at radius 1 is 0.952 bits per heavy atom. The molecule has 0 radical (unpaired) electrons. The van der Waals surface area contributed by atoms with Gasteiger partial charge in [0.25, 0.3) is 0 Å². The lowest BCUT2D eigenvalue weighted by atomic mass is 10.1. The third kappa shape index (κ3) is 2.97. The van der Waals surface area contributed by atoms with Gasteiger partial charge in [0.2, 0.25) is 0 Å². The lowest BCUT2D eigenvalue weighted by molar-refractivity contribution is 0.694. The van der Waals surface area contributed by atoms with Crippen LogP contribution in [-0.2, 0) is 0 Å². The molecule has 3 nitrogen and oxygen atoms in total. The fourth-order valence-corrected chi connectivity index (χ4v) is 4.01. The molecule has 0 aliphatic carbocycles. The van der Waals surface area contributed by atoms with Crippen molar-refractivity contribution >= 4 is 17.1 Å². The van der Waals surface area contributed by atoms with Crippen molar-refractivity contribution in [2.75, 3.05) is 28.6 Å². The molecule has 116 valence electrons. The van der Waals surface area contributed by atoms with Crippen LogP contribution in [0.2, 0.25) is 0 Å². The number of nitrogens with zero attached hydrogens (tertiary/aromatic N) is 2. The minimum atomic E-state index is 0.628. The van der Waals surface area contributed by atoms with E-state index in [-0.39, 0.29) is 0 Å². The molecule has 1 aromatic carbocycles. The van der Waals surface area contributed by atoms with Gasteiger partial charge in [-0.15, -0.1) is 0 Å². The molecular weight excluding hydrogens is 258 g/mol. The van der Waals surface area contributed by atoms with Gasteiger partial charge in [0.05, 0.1) is 11.4 Å². The number of hydrogen-bond acceptors (Lipinski definition) is 3. The SMILES string of the molecule is C[C@@H]1CC[C@@H](C)N1c1ccc(N2CCCCCC2)c(N)c1. The van der Waals surface area contributed by atoms with Crippen LogP contribution in [0.15, 0.2) is 18.2 Å². The Kier molecular flexibility index (Phi) is 4.27. The van der Waals surface area contributed by atoms with Crippen LogP contribution in [0.4, 0.5) is 17.1 Å². The van der Waals surface area contributed by atoms with Crippen molar-refractivity contribution in [1.29, 1.82) is 0 Å². The van der Waals surface area contributed by atoms with Crippen molar-refractivity contribution in [2.24, 2.45) is 0 Å². The van der Waals surface area contributed by atoms with Crippen molar-refractivity contribution in [3.8, 4) is 0 Å². The third-order valence-corrected chi connectivity index (χ3v) is 5.21.